The van der Waals surface area contributed by atoms with Crippen LogP contribution >= 0.6 is 0 Å². The highest BCUT2D eigenvalue weighted by Crippen LogP contribution is 2.19. The van der Waals surface area contributed by atoms with Gasteiger partial charge in [0.15, 0.2) is 0 Å². The summed E-state index contributed by atoms with van der Waals surface area (Å²) in [5.74, 6) is 0.416. The van der Waals surface area contributed by atoms with E-state index >= 15 is 0 Å². The van der Waals surface area contributed by atoms with Crippen molar-refractivity contribution in [1.82, 2.24) is 5.32 Å². The molecule has 94 valence electrons. The summed E-state index contributed by atoms with van der Waals surface area (Å²) in [7, 11) is 3.17. The normalized spacial score (nSPS) is 10.0. The van der Waals surface area contributed by atoms with E-state index in [-0.39, 0.29) is 5.91 Å². The Morgan fingerprint density at radius 2 is 2.18 bits per heavy atom. The number of nitrogens with two attached hydrogens (primary N) is 1. The summed E-state index contributed by atoms with van der Waals surface area (Å²) in [6, 6.07) is 5.00. The average molecular weight is 238 g/mol. The van der Waals surface area contributed by atoms with Crippen molar-refractivity contribution in [2.45, 2.75) is 6.42 Å². The first kappa shape index (κ1) is 13.3. The first-order valence-electron chi connectivity index (χ1n) is 5.39. The van der Waals surface area contributed by atoms with E-state index in [4.69, 9.17) is 15.2 Å². The lowest BCUT2D eigenvalue weighted by Crippen LogP contribution is -2.26. The number of carbonyl (C=O) groups excluding carboxylic acids is 1. The molecule has 1 amide bonds. The monoisotopic (exact) mass is 238 g/mol. The molecule has 0 fully saturated rings. The van der Waals surface area contributed by atoms with Crippen LogP contribution < -0.4 is 15.8 Å². The number of nitrogens with one attached hydrogen (secondary N) is 1. The highest BCUT2D eigenvalue weighted by atomic mass is 16.5. The third-order valence-electron chi connectivity index (χ3n) is 2.32. The zero-order valence-corrected chi connectivity index (χ0v) is 10.2. The largest absolute Gasteiger partial charge is 0.497 e. The summed E-state index contributed by atoms with van der Waals surface area (Å²) in [6.07, 6.45) is 0.770. The second-order valence-electron chi connectivity index (χ2n) is 3.56. The molecule has 0 unspecified atom stereocenters. The molecule has 0 aliphatic rings. The minimum Gasteiger partial charge on any atom is -0.497 e. The molecule has 0 spiro atoms. The smallest absolute Gasteiger partial charge is 0.253 e. The Kier molecular flexibility index (Phi) is 5.29. The summed E-state index contributed by atoms with van der Waals surface area (Å²) in [5, 5.41) is 2.77. The molecule has 1 rings (SSSR count). The Morgan fingerprint density at radius 3 is 2.82 bits per heavy atom. The number of ether oxygens (including phenoxy) is 2. The van der Waals surface area contributed by atoms with Gasteiger partial charge >= 0.3 is 0 Å². The van der Waals surface area contributed by atoms with Gasteiger partial charge in [-0.25, -0.2) is 0 Å². The SMILES string of the molecule is COCCCNC(=O)c1cc(OC)ccc1N. The number of anilines is 1. The minimum atomic E-state index is -0.197. The van der Waals surface area contributed by atoms with E-state index in [1.807, 2.05) is 0 Å². The predicted octanol–water partition coefficient (Wildman–Crippen LogP) is 1.04. The molecular formula is C12H18N2O3. The molecule has 17 heavy (non-hydrogen) atoms. The van der Waals surface area contributed by atoms with Crippen LogP contribution in [0.25, 0.3) is 0 Å². The summed E-state index contributed by atoms with van der Waals surface area (Å²) in [6.45, 7) is 1.18. The van der Waals surface area contributed by atoms with E-state index in [0.29, 0.717) is 30.2 Å². The van der Waals surface area contributed by atoms with Crippen LogP contribution in [0.3, 0.4) is 0 Å². The Morgan fingerprint density at radius 1 is 1.41 bits per heavy atom. The molecule has 3 N–H and O–H groups in total. The van der Waals surface area contributed by atoms with Crippen LogP contribution in [0.15, 0.2) is 18.2 Å². The van der Waals surface area contributed by atoms with E-state index in [9.17, 15) is 4.79 Å². The van der Waals surface area contributed by atoms with Gasteiger partial charge in [-0.2, -0.15) is 0 Å². The summed E-state index contributed by atoms with van der Waals surface area (Å²) in [5.41, 5.74) is 6.61. The predicted molar refractivity (Wildman–Crippen MR) is 66.2 cm³/mol. The fourth-order valence-electron chi connectivity index (χ4n) is 1.37. The molecule has 0 atom stereocenters. The number of benzene rings is 1. The van der Waals surface area contributed by atoms with Gasteiger partial charge in [0.2, 0.25) is 0 Å². The molecule has 0 bridgehead atoms. The fraction of sp³-hybridized carbons (Fsp3) is 0.417. The Labute approximate surface area is 101 Å². The first-order valence-corrected chi connectivity index (χ1v) is 5.39. The maximum atomic E-state index is 11.8. The molecule has 0 aliphatic heterocycles. The van der Waals surface area contributed by atoms with Gasteiger partial charge in [0.05, 0.1) is 12.7 Å². The van der Waals surface area contributed by atoms with Crippen LogP contribution in [0.1, 0.15) is 16.8 Å². The second-order valence-corrected chi connectivity index (χ2v) is 3.56. The quantitative estimate of drug-likeness (QED) is 0.573. The van der Waals surface area contributed by atoms with Gasteiger partial charge in [0.1, 0.15) is 5.75 Å². The molecule has 0 aliphatic carbocycles. The zero-order chi connectivity index (χ0) is 12.7. The summed E-state index contributed by atoms with van der Waals surface area (Å²) < 4.78 is 9.94. The van der Waals surface area contributed by atoms with Crippen molar-refractivity contribution in [2.24, 2.45) is 0 Å². The van der Waals surface area contributed by atoms with E-state index in [2.05, 4.69) is 5.32 Å². The zero-order valence-electron chi connectivity index (χ0n) is 10.2. The van der Waals surface area contributed by atoms with Crippen LogP contribution in [-0.2, 0) is 4.74 Å². The van der Waals surface area contributed by atoms with Crippen molar-refractivity contribution in [3.05, 3.63) is 23.8 Å². The van der Waals surface area contributed by atoms with E-state index in [1.54, 1.807) is 32.4 Å². The summed E-state index contributed by atoms with van der Waals surface area (Å²) in [4.78, 5) is 11.8. The van der Waals surface area contributed by atoms with Gasteiger partial charge in [-0.1, -0.05) is 0 Å². The first-order chi connectivity index (χ1) is 8.19. The van der Waals surface area contributed by atoms with Crippen LogP contribution in [0.2, 0.25) is 0 Å². The van der Waals surface area contributed by atoms with Gasteiger partial charge in [0.25, 0.3) is 5.91 Å². The molecule has 0 heterocycles. The number of hydrogen-bond acceptors (Lipinski definition) is 4. The van der Waals surface area contributed by atoms with Crippen molar-refractivity contribution < 1.29 is 14.3 Å². The summed E-state index contributed by atoms with van der Waals surface area (Å²) >= 11 is 0. The van der Waals surface area contributed by atoms with E-state index in [1.165, 1.54) is 0 Å². The molecule has 1 aromatic carbocycles. The van der Waals surface area contributed by atoms with Crippen molar-refractivity contribution in [3.63, 3.8) is 0 Å². The minimum absolute atomic E-state index is 0.197. The third kappa shape index (κ3) is 3.96. The van der Waals surface area contributed by atoms with E-state index in [0.717, 1.165) is 6.42 Å². The fourth-order valence-corrected chi connectivity index (χ4v) is 1.37. The maximum Gasteiger partial charge on any atom is 0.253 e. The molecule has 0 saturated carbocycles. The van der Waals surface area contributed by atoms with Gasteiger partial charge in [-0.05, 0) is 24.6 Å². The van der Waals surface area contributed by atoms with Crippen molar-refractivity contribution in [2.75, 3.05) is 33.1 Å². The number of nitrogen functional groups attached to an aromatic ring is 1. The van der Waals surface area contributed by atoms with Gasteiger partial charge in [0, 0.05) is 25.9 Å². The van der Waals surface area contributed by atoms with E-state index < -0.39 is 0 Å². The Bertz CT molecular complexity index is 380. The number of amides is 1. The Balaban J connectivity index is 2.61. The molecule has 1 aromatic rings. The molecule has 0 aromatic heterocycles. The molecule has 5 nitrogen and oxygen atoms in total. The van der Waals surface area contributed by atoms with Crippen LogP contribution in [0.4, 0.5) is 5.69 Å². The molecule has 0 saturated heterocycles. The van der Waals surface area contributed by atoms with Gasteiger partial charge in [-0.15, -0.1) is 0 Å². The lowest BCUT2D eigenvalue weighted by atomic mass is 10.1. The molecule has 5 heteroatoms. The lowest BCUT2D eigenvalue weighted by molar-refractivity contribution is 0.0949. The number of hydrogen-bond donors (Lipinski definition) is 2. The third-order valence-corrected chi connectivity index (χ3v) is 2.32. The van der Waals surface area contributed by atoms with Gasteiger partial charge < -0.3 is 20.5 Å². The second kappa shape index (κ2) is 6.75. The standard InChI is InChI=1S/C12H18N2O3/c1-16-7-3-6-14-12(15)10-8-9(17-2)4-5-11(10)13/h4-5,8H,3,6-7,13H2,1-2H3,(H,14,15). The lowest BCUT2D eigenvalue weighted by Gasteiger charge is -2.09. The average Bonchev–Trinajstić information content (AvgIpc) is 2.35. The highest BCUT2D eigenvalue weighted by molar-refractivity contribution is 5.99. The van der Waals surface area contributed by atoms with Gasteiger partial charge in [-0.3, -0.25) is 4.79 Å². The number of methoxy groups -OCH3 is 2. The maximum absolute atomic E-state index is 11.8. The molecule has 0 radical (unpaired) electrons. The van der Waals surface area contributed by atoms with Crippen molar-refractivity contribution in [1.29, 1.82) is 0 Å². The van der Waals surface area contributed by atoms with Crippen LogP contribution in [0.5, 0.6) is 5.75 Å². The molecular weight excluding hydrogens is 220 g/mol. The topological polar surface area (TPSA) is 73.6 Å². The van der Waals surface area contributed by atoms with Crippen molar-refractivity contribution in [3.8, 4) is 5.75 Å². The number of carbonyl (C=O) groups is 1. The number of rotatable bonds is 6. The Hall–Kier alpha value is -1.75. The van der Waals surface area contributed by atoms with Crippen molar-refractivity contribution >= 4 is 11.6 Å². The highest BCUT2D eigenvalue weighted by Gasteiger charge is 2.10. The van der Waals surface area contributed by atoms with Crippen LogP contribution in [0, 0.1) is 0 Å². The van der Waals surface area contributed by atoms with Crippen LogP contribution in [-0.4, -0.2) is 33.3 Å².